The molecule has 1 unspecified atom stereocenters. The summed E-state index contributed by atoms with van der Waals surface area (Å²) in [5.74, 6) is 5.11. The molecule has 1 fully saturated rings. The molecule has 0 aromatic carbocycles. The first-order chi connectivity index (χ1) is 6.22. The first kappa shape index (κ1) is 10.6. The van der Waals surface area contributed by atoms with Crippen molar-refractivity contribution in [3.63, 3.8) is 0 Å². The molecule has 1 heterocycles. The molecule has 1 aliphatic heterocycles. The zero-order valence-electron chi connectivity index (χ0n) is 7.75. The molecule has 5 nitrogen and oxygen atoms in total. The van der Waals surface area contributed by atoms with Crippen LogP contribution < -0.4 is 16.6 Å². The van der Waals surface area contributed by atoms with Crippen LogP contribution in [0.1, 0.15) is 0 Å². The van der Waals surface area contributed by atoms with E-state index < -0.39 is 0 Å². The van der Waals surface area contributed by atoms with Gasteiger partial charge in [0.1, 0.15) is 0 Å². The Labute approximate surface area is 83.6 Å². The van der Waals surface area contributed by atoms with Crippen molar-refractivity contribution in [1.82, 2.24) is 15.6 Å². The Morgan fingerprint density at radius 1 is 1.77 bits per heavy atom. The Morgan fingerprint density at radius 2 is 2.54 bits per heavy atom. The van der Waals surface area contributed by atoms with E-state index in [-0.39, 0.29) is 6.10 Å². The number of morpholine rings is 1. The highest BCUT2D eigenvalue weighted by Gasteiger charge is 2.17. The molecule has 4 N–H and O–H groups in total. The SMILES string of the molecule is CN1CCOC(CNC(=S)NN)C1. The number of ether oxygens (including phenoxy) is 1. The number of hydrogen-bond donors (Lipinski definition) is 3. The number of nitrogens with two attached hydrogens (primary N) is 1. The summed E-state index contributed by atoms with van der Waals surface area (Å²) >= 11 is 4.84. The minimum absolute atomic E-state index is 0.199. The third-order valence-corrected chi connectivity index (χ3v) is 2.23. The number of rotatable bonds is 2. The normalized spacial score (nSPS) is 24.0. The second kappa shape index (κ2) is 5.33. The molecule has 0 bridgehead atoms. The number of hydrogen-bond acceptors (Lipinski definition) is 4. The van der Waals surface area contributed by atoms with Crippen LogP contribution in [0.15, 0.2) is 0 Å². The third-order valence-electron chi connectivity index (χ3n) is 1.96. The Bertz CT molecular complexity index is 178. The summed E-state index contributed by atoms with van der Waals surface area (Å²) < 4.78 is 5.51. The lowest BCUT2D eigenvalue weighted by Crippen LogP contribution is -2.48. The van der Waals surface area contributed by atoms with Gasteiger partial charge in [-0.05, 0) is 19.3 Å². The lowest BCUT2D eigenvalue weighted by atomic mass is 10.3. The van der Waals surface area contributed by atoms with Crippen molar-refractivity contribution in [2.24, 2.45) is 5.84 Å². The van der Waals surface area contributed by atoms with Crippen LogP contribution in [0.25, 0.3) is 0 Å². The number of nitrogens with zero attached hydrogens (tertiary/aromatic N) is 1. The summed E-state index contributed by atoms with van der Waals surface area (Å²) in [6.07, 6.45) is 0.199. The summed E-state index contributed by atoms with van der Waals surface area (Å²) in [6.45, 7) is 3.41. The first-order valence-electron chi connectivity index (χ1n) is 4.27. The molecule has 1 rings (SSSR count). The second-order valence-electron chi connectivity index (χ2n) is 3.11. The van der Waals surface area contributed by atoms with E-state index in [0.29, 0.717) is 11.7 Å². The van der Waals surface area contributed by atoms with Gasteiger partial charge in [0, 0.05) is 19.6 Å². The highest BCUT2D eigenvalue weighted by atomic mass is 32.1. The number of nitrogens with one attached hydrogen (secondary N) is 2. The first-order valence-corrected chi connectivity index (χ1v) is 4.68. The fraction of sp³-hybridized carbons (Fsp3) is 0.857. The second-order valence-corrected chi connectivity index (χ2v) is 3.52. The van der Waals surface area contributed by atoms with Crippen molar-refractivity contribution < 1.29 is 4.74 Å². The van der Waals surface area contributed by atoms with E-state index in [2.05, 4.69) is 22.7 Å². The van der Waals surface area contributed by atoms with Crippen molar-refractivity contribution in [2.45, 2.75) is 6.10 Å². The summed E-state index contributed by atoms with van der Waals surface area (Å²) in [7, 11) is 2.08. The number of thiocarbonyl (C=S) groups is 1. The molecule has 0 aromatic rings. The summed E-state index contributed by atoms with van der Waals surface area (Å²) in [5.41, 5.74) is 2.37. The van der Waals surface area contributed by atoms with Crippen LogP contribution in [0, 0.1) is 0 Å². The Kier molecular flexibility index (Phi) is 4.37. The molecule has 1 saturated heterocycles. The summed E-state index contributed by atoms with van der Waals surface area (Å²) in [4.78, 5) is 2.23. The third kappa shape index (κ3) is 3.86. The molecule has 76 valence electrons. The van der Waals surface area contributed by atoms with Crippen LogP contribution in [0.4, 0.5) is 0 Å². The maximum absolute atomic E-state index is 5.51. The van der Waals surface area contributed by atoms with E-state index in [1.54, 1.807) is 0 Å². The largest absolute Gasteiger partial charge is 0.374 e. The van der Waals surface area contributed by atoms with Gasteiger partial charge in [-0.15, -0.1) is 0 Å². The lowest BCUT2D eigenvalue weighted by Gasteiger charge is -2.30. The lowest BCUT2D eigenvalue weighted by molar-refractivity contribution is -0.0160. The fourth-order valence-electron chi connectivity index (χ4n) is 1.25. The predicted octanol–water partition coefficient (Wildman–Crippen LogP) is -1.35. The van der Waals surface area contributed by atoms with Crippen LogP contribution >= 0.6 is 12.2 Å². The van der Waals surface area contributed by atoms with E-state index in [1.165, 1.54) is 0 Å². The number of likely N-dealkylation sites (N-methyl/N-ethyl adjacent to an activating group) is 1. The molecule has 13 heavy (non-hydrogen) atoms. The molecule has 0 aromatic heterocycles. The molecule has 0 spiro atoms. The number of hydrazine groups is 1. The molecular formula is C7H16N4OS. The minimum atomic E-state index is 0.199. The Hall–Kier alpha value is -0.430. The smallest absolute Gasteiger partial charge is 0.180 e. The highest BCUT2D eigenvalue weighted by molar-refractivity contribution is 7.80. The molecule has 6 heteroatoms. The fourth-order valence-corrected chi connectivity index (χ4v) is 1.33. The molecule has 0 radical (unpaired) electrons. The van der Waals surface area contributed by atoms with Gasteiger partial charge in [-0.25, -0.2) is 5.84 Å². The zero-order valence-corrected chi connectivity index (χ0v) is 8.56. The van der Waals surface area contributed by atoms with Gasteiger partial charge in [-0.2, -0.15) is 0 Å². The van der Waals surface area contributed by atoms with Gasteiger partial charge in [0.05, 0.1) is 12.7 Å². The zero-order chi connectivity index (χ0) is 9.68. The van der Waals surface area contributed by atoms with Gasteiger partial charge in [-0.3, -0.25) is 0 Å². The Balaban J connectivity index is 2.17. The topological polar surface area (TPSA) is 62.5 Å². The van der Waals surface area contributed by atoms with Gasteiger partial charge in [0.2, 0.25) is 0 Å². The van der Waals surface area contributed by atoms with E-state index in [4.69, 9.17) is 22.8 Å². The molecule has 1 atom stereocenters. The molecule has 0 aliphatic carbocycles. The summed E-state index contributed by atoms with van der Waals surface area (Å²) in [5, 5.41) is 3.42. The maximum atomic E-state index is 5.51. The van der Waals surface area contributed by atoms with Crippen molar-refractivity contribution in [3.05, 3.63) is 0 Å². The molecular weight excluding hydrogens is 188 g/mol. The maximum Gasteiger partial charge on any atom is 0.180 e. The van der Waals surface area contributed by atoms with Gasteiger partial charge in [0.25, 0.3) is 0 Å². The van der Waals surface area contributed by atoms with Crippen molar-refractivity contribution in [3.8, 4) is 0 Å². The van der Waals surface area contributed by atoms with E-state index in [1.807, 2.05) is 0 Å². The van der Waals surface area contributed by atoms with Crippen molar-refractivity contribution in [1.29, 1.82) is 0 Å². The van der Waals surface area contributed by atoms with Gasteiger partial charge >= 0.3 is 0 Å². The van der Waals surface area contributed by atoms with Crippen LogP contribution in [0.2, 0.25) is 0 Å². The predicted molar refractivity (Wildman–Crippen MR) is 55.2 cm³/mol. The average Bonchev–Trinajstić information content (AvgIpc) is 2.14. The van der Waals surface area contributed by atoms with E-state index >= 15 is 0 Å². The Morgan fingerprint density at radius 3 is 3.15 bits per heavy atom. The van der Waals surface area contributed by atoms with Crippen LogP contribution in [-0.4, -0.2) is 49.4 Å². The quantitative estimate of drug-likeness (QED) is 0.294. The standard InChI is InChI=1S/C7H16N4OS/c1-11-2-3-12-6(5-11)4-9-7(13)10-8/h6H,2-5,8H2,1H3,(H2,9,10,13). The van der Waals surface area contributed by atoms with Crippen LogP contribution in [0.3, 0.4) is 0 Å². The van der Waals surface area contributed by atoms with E-state index in [9.17, 15) is 0 Å². The van der Waals surface area contributed by atoms with Crippen LogP contribution in [0.5, 0.6) is 0 Å². The van der Waals surface area contributed by atoms with Gasteiger partial charge in [-0.1, -0.05) is 0 Å². The van der Waals surface area contributed by atoms with Gasteiger partial charge in [0.15, 0.2) is 5.11 Å². The van der Waals surface area contributed by atoms with Gasteiger partial charge < -0.3 is 20.4 Å². The molecule has 1 aliphatic rings. The minimum Gasteiger partial charge on any atom is -0.374 e. The monoisotopic (exact) mass is 204 g/mol. The van der Waals surface area contributed by atoms with Crippen molar-refractivity contribution in [2.75, 3.05) is 33.3 Å². The molecule has 0 saturated carbocycles. The average molecular weight is 204 g/mol. The molecule has 0 amide bonds. The highest BCUT2D eigenvalue weighted by Crippen LogP contribution is 2.01. The van der Waals surface area contributed by atoms with Crippen molar-refractivity contribution >= 4 is 17.3 Å². The summed E-state index contributed by atoms with van der Waals surface area (Å²) in [6, 6.07) is 0. The van der Waals surface area contributed by atoms with Crippen LogP contribution in [-0.2, 0) is 4.74 Å². The van der Waals surface area contributed by atoms with E-state index in [0.717, 1.165) is 19.7 Å².